The molecule has 1 saturated heterocycles. The lowest BCUT2D eigenvalue weighted by Gasteiger charge is -2.37. The molecule has 1 spiro atoms. The van der Waals surface area contributed by atoms with E-state index in [1.165, 1.54) is 25.7 Å². The number of hydrogen-bond acceptors (Lipinski definition) is 1. The Bertz CT molecular complexity index is 356. The first kappa shape index (κ1) is 9.94. The van der Waals surface area contributed by atoms with Gasteiger partial charge in [-0.05, 0) is 61.2 Å². The van der Waals surface area contributed by atoms with Crippen LogP contribution in [0.1, 0.15) is 53.4 Å². The Morgan fingerprint density at radius 1 is 1.00 bits per heavy atom. The standard InChI is InChI=1S/C15H24O/c1-9-5-6-10-13(2,3)11-7-15(9,10)8-12-14(11,4)16-12/h9-12H,5-8H2,1-4H3/t9-,10+,11-,12?,14?,15-/m1/s1. The summed E-state index contributed by atoms with van der Waals surface area (Å²) in [6.07, 6.45) is 6.38. The Balaban J connectivity index is 1.85. The second kappa shape index (κ2) is 2.39. The molecule has 2 unspecified atom stereocenters. The van der Waals surface area contributed by atoms with Crippen LogP contribution in [0.5, 0.6) is 0 Å². The van der Waals surface area contributed by atoms with Crippen molar-refractivity contribution in [1.29, 1.82) is 0 Å². The van der Waals surface area contributed by atoms with Crippen LogP contribution >= 0.6 is 0 Å². The Morgan fingerprint density at radius 2 is 1.75 bits per heavy atom. The molecule has 3 aliphatic carbocycles. The molecule has 1 aliphatic heterocycles. The maximum atomic E-state index is 6.09. The Kier molecular flexibility index (Phi) is 1.48. The molecule has 1 heteroatoms. The summed E-state index contributed by atoms with van der Waals surface area (Å²) in [6, 6.07) is 0. The van der Waals surface area contributed by atoms with Crippen LogP contribution in [0.2, 0.25) is 0 Å². The van der Waals surface area contributed by atoms with Gasteiger partial charge in [0.05, 0.1) is 11.7 Å². The van der Waals surface area contributed by atoms with Crippen LogP contribution in [0.25, 0.3) is 0 Å². The monoisotopic (exact) mass is 220 g/mol. The van der Waals surface area contributed by atoms with E-state index in [-0.39, 0.29) is 5.60 Å². The van der Waals surface area contributed by atoms with Crippen LogP contribution in [0.15, 0.2) is 0 Å². The highest BCUT2D eigenvalue weighted by molar-refractivity contribution is 5.24. The minimum atomic E-state index is 0.263. The molecule has 1 heterocycles. The fourth-order valence-electron chi connectivity index (χ4n) is 6.21. The highest BCUT2D eigenvalue weighted by Crippen LogP contribution is 2.77. The van der Waals surface area contributed by atoms with Crippen LogP contribution in [0.4, 0.5) is 0 Å². The molecule has 4 fully saturated rings. The first-order chi connectivity index (χ1) is 7.41. The summed E-state index contributed by atoms with van der Waals surface area (Å²) >= 11 is 0. The lowest BCUT2D eigenvalue weighted by atomic mass is 9.66. The average Bonchev–Trinajstić information content (AvgIpc) is 2.67. The lowest BCUT2D eigenvalue weighted by molar-refractivity contribution is 0.0866. The van der Waals surface area contributed by atoms with Crippen molar-refractivity contribution in [2.75, 3.05) is 0 Å². The molecular formula is C15H24O. The number of ether oxygens (including phenoxy) is 1. The average molecular weight is 220 g/mol. The predicted octanol–water partition coefficient (Wildman–Crippen LogP) is 3.63. The normalized spacial score (nSPS) is 65.2. The zero-order chi connectivity index (χ0) is 11.3. The van der Waals surface area contributed by atoms with Gasteiger partial charge in [-0.3, -0.25) is 0 Å². The minimum Gasteiger partial charge on any atom is -0.366 e. The zero-order valence-corrected chi connectivity index (χ0v) is 11.0. The van der Waals surface area contributed by atoms with E-state index in [2.05, 4.69) is 27.7 Å². The van der Waals surface area contributed by atoms with Gasteiger partial charge < -0.3 is 4.74 Å². The van der Waals surface area contributed by atoms with E-state index >= 15 is 0 Å². The van der Waals surface area contributed by atoms with Crippen molar-refractivity contribution in [3.8, 4) is 0 Å². The van der Waals surface area contributed by atoms with Crippen molar-refractivity contribution in [2.45, 2.75) is 65.1 Å². The van der Waals surface area contributed by atoms with E-state index in [0.29, 0.717) is 16.9 Å². The van der Waals surface area contributed by atoms with Gasteiger partial charge in [0.15, 0.2) is 0 Å². The molecule has 16 heavy (non-hydrogen) atoms. The van der Waals surface area contributed by atoms with Gasteiger partial charge in [-0.2, -0.15) is 0 Å². The topological polar surface area (TPSA) is 12.5 Å². The number of epoxide rings is 1. The van der Waals surface area contributed by atoms with Gasteiger partial charge in [0.25, 0.3) is 0 Å². The minimum absolute atomic E-state index is 0.263. The van der Waals surface area contributed by atoms with Gasteiger partial charge in [-0.1, -0.05) is 20.8 Å². The Hall–Kier alpha value is -0.0400. The summed E-state index contributed by atoms with van der Waals surface area (Å²) in [4.78, 5) is 0. The summed E-state index contributed by atoms with van der Waals surface area (Å²) in [7, 11) is 0. The highest BCUT2D eigenvalue weighted by atomic mass is 16.6. The van der Waals surface area contributed by atoms with Crippen molar-refractivity contribution in [3.63, 3.8) is 0 Å². The van der Waals surface area contributed by atoms with Crippen LogP contribution < -0.4 is 0 Å². The highest BCUT2D eigenvalue weighted by Gasteiger charge is 2.76. The van der Waals surface area contributed by atoms with Crippen molar-refractivity contribution in [1.82, 2.24) is 0 Å². The van der Waals surface area contributed by atoms with Crippen molar-refractivity contribution in [3.05, 3.63) is 0 Å². The Labute approximate surface area is 98.9 Å². The summed E-state index contributed by atoms with van der Waals surface area (Å²) in [5.74, 6) is 2.75. The smallest absolute Gasteiger partial charge is 0.0954 e. The van der Waals surface area contributed by atoms with Gasteiger partial charge in [0, 0.05) is 0 Å². The Morgan fingerprint density at radius 3 is 2.50 bits per heavy atom. The van der Waals surface area contributed by atoms with E-state index in [4.69, 9.17) is 4.74 Å². The van der Waals surface area contributed by atoms with Crippen molar-refractivity contribution >= 4 is 0 Å². The number of hydrogen-bond donors (Lipinski definition) is 0. The summed E-state index contributed by atoms with van der Waals surface area (Å²) in [6.45, 7) is 9.93. The molecule has 0 N–H and O–H groups in total. The summed E-state index contributed by atoms with van der Waals surface area (Å²) in [5, 5.41) is 0. The molecule has 90 valence electrons. The molecule has 0 aromatic carbocycles. The maximum absolute atomic E-state index is 6.09. The van der Waals surface area contributed by atoms with E-state index in [9.17, 15) is 0 Å². The van der Waals surface area contributed by atoms with Crippen LogP contribution in [0.3, 0.4) is 0 Å². The summed E-state index contributed by atoms with van der Waals surface area (Å²) < 4.78 is 6.09. The number of rotatable bonds is 0. The van der Waals surface area contributed by atoms with Crippen molar-refractivity contribution in [2.24, 2.45) is 28.6 Å². The maximum Gasteiger partial charge on any atom is 0.0954 e. The second-order valence-electron chi connectivity index (χ2n) is 7.84. The van der Waals surface area contributed by atoms with Gasteiger partial charge >= 0.3 is 0 Å². The first-order valence-corrected chi connectivity index (χ1v) is 7.09. The SMILES string of the molecule is C[C@@H]1CC[C@H]2C(C)(C)[C@H]3C[C@@]12CC1OC13C. The number of fused-ring (bicyclic) bond motifs is 3. The molecule has 4 rings (SSSR count). The summed E-state index contributed by atoms with van der Waals surface area (Å²) in [5.41, 5.74) is 1.44. The third kappa shape index (κ3) is 0.805. The van der Waals surface area contributed by atoms with E-state index < -0.39 is 0 Å². The third-order valence-corrected chi connectivity index (χ3v) is 7.18. The van der Waals surface area contributed by atoms with Gasteiger partial charge in [0.2, 0.25) is 0 Å². The molecule has 0 amide bonds. The van der Waals surface area contributed by atoms with E-state index in [1.807, 2.05) is 0 Å². The second-order valence-corrected chi connectivity index (χ2v) is 7.84. The van der Waals surface area contributed by atoms with Crippen LogP contribution in [-0.2, 0) is 4.74 Å². The van der Waals surface area contributed by atoms with Crippen LogP contribution in [-0.4, -0.2) is 11.7 Å². The van der Waals surface area contributed by atoms with Crippen LogP contribution in [0, 0.1) is 28.6 Å². The molecule has 4 aliphatic rings. The first-order valence-electron chi connectivity index (χ1n) is 7.09. The largest absolute Gasteiger partial charge is 0.366 e. The lowest BCUT2D eigenvalue weighted by Crippen LogP contribution is -2.36. The van der Waals surface area contributed by atoms with E-state index in [0.717, 1.165) is 17.8 Å². The predicted molar refractivity (Wildman–Crippen MR) is 64.1 cm³/mol. The third-order valence-electron chi connectivity index (χ3n) is 7.18. The fraction of sp³-hybridized carbons (Fsp3) is 1.00. The molecule has 1 nitrogen and oxygen atoms in total. The molecule has 3 saturated carbocycles. The molecule has 2 bridgehead atoms. The fourth-order valence-corrected chi connectivity index (χ4v) is 6.21. The quantitative estimate of drug-likeness (QED) is 0.568. The zero-order valence-electron chi connectivity index (χ0n) is 11.0. The molecule has 6 atom stereocenters. The molecule has 0 aromatic rings. The van der Waals surface area contributed by atoms with E-state index in [1.54, 1.807) is 0 Å². The van der Waals surface area contributed by atoms with Gasteiger partial charge in [-0.25, -0.2) is 0 Å². The van der Waals surface area contributed by atoms with Gasteiger partial charge in [-0.15, -0.1) is 0 Å². The molecular weight excluding hydrogens is 196 g/mol. The van der Waals surface area contributed by atoms with Gasteiger partial charge in [0.1, 0.15) is 0 Å². The molecule has 0 radical (unpaired) electrons. The van der Waals surface area contributed by atoms with Crippen molar-refractivity contribution < 1.29 is 4.74 Å². The molecule has 0 aromatic heterocycles.